The number of unbranched alkanes of at least 4 members (excludes halogenated alkanes) is 2. The van der Waals surface area contributed by atoms with Crippen LogP contribution < -0.4 is 0 Å². The van der Waals surface area contributed by atoms with Crippen LogP contribution in [0.2, 0.25) is 0 Å². The molecule has 0 amide bonds. The summed E-state index contributed by atoms with van der Waals surface area (Å²) in [5.74, 6) is -0.964. The van der Waals surface area contributed by atoms with E-state index in [4.69, 9.17) is 4.74 Å². The molecule has 1 atom stereocenters. The molecular formula is C12H26O2. The molecule has 0 aliphatic carbocycles. The Bertz CT molecular complexity index is 150. The first-order valence-electron chi connectivity index (χ1n) is 5.75. The van der Waals surface area contributed by atoms with Crippen LogP contribution in [0.5, 0.6) is 0 Å². The van der Waals surface area contributed by atoms with E-state index in [0.717, 1.165) is 25.7 Å². The minimum Gasteiger partial charge on any atom is -0.366 e. The number of aliphatic hydroxyl groups is 1. The summed E-state index contributed by atoms with van der Waals surface area (Å²) in [4.78, 5) is 0. The van der Waals surface area contributed by atoms with E-state index in [1.54, 1.807) is 6.92 Å². The molecule has 0 saturated heterocycles. The van der Waals surface area contributed by atoms with Gasteiger partial charge in [0.25, 0.3) is 0 Å². The summed E-state index contributed by atoms with van der Waals surface area (Å²) < 4.78 is 5.68. The van der Waals surface area contributed by atoms with Crippen molar-refractivity contribution in [2.24, 2.45) is 0 Å². The fourth-order valence-electron chi connectivity index (χ4n) is 1.42. The van der Waals surface area contributed by atoms with Crippen molar-refractivity contribution in [3.63, 3.8) is 0 Å². The van der Waals surface area contributed by atoms with Gasteiger partial charge in [-0.1, -0.05) is 26.7 Å². The van der Waals surface area contributed by atoms with Crippen LogP contribution in [0.1, 0.15) is 66.7 Å². The van der Waals surface area contributed by atoms with Crippen LogP contribution in [0, 0.1) is 0 Å². The predicted molar refractivity (Wildman–Crippen MR) is 60.2 cm³/mol. The standard InChI is InChI=1S/C12H26O2/c1-6-8-9-10-12(5,13)14-11(3,4)7-2/h13H,6-10H2,1-5H3. The molecule has 2 nitrogen and oxygen atoms in total. The van der Waals surface area contributed by atoms with Gasteiger partial charge in [-0.25, -0.2) is 0 Å². The van der Waals surface area contributed by atoms with Crippen molar-refractivity contribution in [2.45, 2.75) is 78.1 Å². The zero-order valence-electron chi connectivity index (χ0n) is 10.4. The summed E-state index contributed by atoms with van der Waals surface area (Å²) >= 11 is 0. The van der Waals surface area contributed by atoms with Gasteiger partial charge >= 0.3 is 0 Å². The molecule has 0 spiro atoms. The van der Waals surface area contributed by atoms with Crippen molar-refractivity contribution in [3.05, 3.63) is 0 Å². The van der Waals surface area contributed by atoms with Crippen molar-refractivity contribution in [1.82, 2.24) is 0 Å². The smallest absolute Gasteiger partial charge is 0.163 e. The lowest BCUT2D eigenvalue weighted by atomic mass is 10.0. The topological polar surface area (TPSA) is 29.5 Å². The van der Waals surface area contributed by atoms with Crippen LogP contribution in [0.3, 0.4) is 0 Å². The molecule has 14 heavy (non-hydrogen) atoms. The van der Waals surface area contributed by atoms with Crippen LogP contribution in [0.15, 0.2) is 0 Å². The Balaban J connectivity index is 3.93. The minimum absolute atomic E-state index is 0.226. The van der Waals surface area contributed by atoms with Crippen molar-refractivity contribution >= 4 is 0 Å². The Hall–Kier alpha value is -0.0800. The second-order valence-corrected chi connectivity index (χ2v) is 4.85. The van der Waals surface area contributed by atoms with Gasteiger partial charge in [-0.2, -0.15) is 0 Å². The summed E-state index contributed by atoms with van der Waals surface area (Å²) in [5.41, 5.74) is -0.226. The first-order valence-corrected chi connectivity index (χ1v) is 5.75. The fraction of sp³-hybridized carbons (Fsp3) is 1.00. The van der Waals surface area contributed by atoms with Gasteiger partial charge in [0, 0.05) is 6.42 Å². The highest BCUT2D eigenvalue weighted by molar-refractivity contribution is 4.71. The van der Waals surface area contributed by atoms with Gasteiger partial charge in [-0.3, -0.25) is 0 Å². The van der Waals surface area contributed by atoms with Crippen LogP contribution in [-0.4, -0.2) is 16.5 Å². The van der Waals surface area contributed by atoms with E-state index in [9.17, 15) is 5.11 Å². The van der Waals surface area contributed by atoms with E-state index >= 15 is 0 Å². The quantitative estimate of drug-likeness (QED) is 0.506. The SMILES string of the molecule is CCCCCC(C)(O)OC(C)(C)CC. The summed E-state index contributed by atoms with van der Waals surface area (Å²) in [7, 11) is 0. The zero-order valence-corrected chi connectivity index (χ0v) is 10.4. The first kappa shape index (κ1) is 13.9. The zero-order chi connectivity index (χ0) is 11.2. The predicted octanol–water partition coefficient (Wildman–Crippen LogP) is 3.48. The lowest BCUT2D eigenvalue weighted by molar-refractivity contribution is -0.250. The molecule has 0 heterocycles. The van der Waals surface area contributed by atoms with Crippen LogP contribution in [-0.2, 0) is 4.74 Å². The number of hydrogen-bond acceptors (Lipinski definition) is 2. The summed E-state index contributed by atoms with van der Waals surface area (Å²) in [6.07, 6.45) is 5.00. The molecule has 0 saturated carbocycles. The number of rotatable bonds is 7. The Labute approximate surface area is 88.7 Å². The van der Waals surface area contributed by atoms with E-state index in [-0.39, 0.29) is 5.60 Å². The van der Waals surface area contributed by atoms with E-state index < -0.39 is 5.79 Å². The van der Waals surface area contributed by atoms with Gasteiger partial charge in [-0.15, -0.1) is 0 Å². The average molecular weight is 202 g/mol. The molecule has 1 N–H and O–H groups in total. The van der Waals surface area contributed by atoms with Crippen LogP contribution in [0.25, 0.3) is 0 Å². The molecule has 0 radical (unpaired) electrons. The van der Waals surface area contributed by atoms with Gasteiger partial charge in [-0.05, 0) is 33.6 Å². The molecule has 0 fully saturated rings. The Morgan fingerprint density at radius 3 is 2.07 bits per heavy atom. The van der Waals surface area contributed by atoms with Crippen molar-refractivity contribution < 1.29 is 9.84 Å². The minimum atomic E-state index is -0.964. The average Bonchev–Trinajstić information content (AvgIpc) is 2.03. The molecular weight excluding hydrogens is 176 g/mol. The second kappa shape index (κ2) is 5.72. The molecule has 0 bridgehead atoms. The molecule has 1 unspecified atom stereocenters. The summed E-state index contributed by atoms with van der Waals surface area (Å²) in [6.45, 7) is 10.0. The van der Waals surface area contributed by atoms with Gasteiger partial charge in [0.1, 0.15) is 0 Å². The maximum atomic E-state index is 9.99. The van der Waals surface area contributed by atoms with Crippen LogP contribution >= 0.6 is 0 Å². The largest absolute Gasteiger partial charge is 0.366 e. The molecule has 0 aromatic carbocycles. The molecule has 0 aliphatic rings. The maximum absolute atomic E-state index is 9.99. The van der Waals surface area contributed by atoms with E-state index in [0.29, 0.717) is 0 Å². The second-order valence-electron chi connectivity index (χ2n) is 4.85. The van der Waals surface area contributed by atoms with E-state index in [2.05, 4.69) is 13.8 Å². The summed E-state index contributed by atoms with van der Waals surface area (Å²) in [5, 5.41) is 9.99. The van der Waals surface area contributed by atoms with E-state index in [1.165, 1.54) is 6.42 Å². The van der Waals surface area contributed by atoms with Crippen LogP contribution in [0.4, 0.5) is 0 Å². The maximum Gasteiger partial charge on any atom is 0.163 e. The highest BCUT2D eigenvalue weighted by Crippen LogP contribution is 2.25. The highest BCUT2D eigenvalue weighted by atomic mass is 16.6. The lowest BCUT2D eigenvalue weighted by Gasteiger charge is -2.34. The van der Waals surface area contributed by atoms with Gasteiger partial charge in [0.05, 0.1) is 5.60 Å². The molecule has 2 heteroatoms. The lowest BCUT2D eigenvalue weighted by Crippen LogP contribution is -2.38. The number of ether oxygens (including phenoxy) is 1. The van der Waals surface area contributed by atoms with E-state index in [1.807, 2.05) is 13.8 Å². The monoisotopic (exact) mass is 202 g/mol. The Morgan fingerprint density at radius 2 is 1.64 bits per heavy atom. The number of hydrogen-bond donors (Lipinski definition) is 1. The molecule has 86 valence electrons. The third-order valence-corrected chi connectivity index (χ3v) is 2.59. The molecule has 0 aliphatic heterocycles. The van der Waals surface area contributed by atoms with Gasteiger partial charge in [0.2, 0.25) is 0 Å². The van der Waals surface area contributed by atoms with Gasteiger partial charge < -0.3 is 9.84 Å². The molecule has 0 aromatic rings. The molecule has 0 rings (SSSR count). The Kier molecular flexibility index (Phi) is 5.68. The third kappa shape index (κ3) is 6.39. The summed E-state index contributed by atoms with van der Waals surface area (Å²) in [6, 6.07) is 0. The molecule has 0 aromatic heterocycles. The first-order chi connectivity index (χ1) is 6.33. The fourth-order valence-corrected chi connectivity index (χ4v) is 1.42. The highest BCUT2D eigenvalue weighted by Gasteiger charge is 2.28. The van der Waals surface area contributed by atoms with Gasteiger partial charge in [0.15, 0.2) is 5.79 Å². The normalized spacial score (nSPS) is 16.7. The van der Waals surface area contributed by atoms with Crippen molar-refractivity contribution in [3.8, 4) is 0 Å². The van der Waals surface area contributed by atoms with Crippen molar-refractivity contribution in [1.29, 1.82) is 0 Å². The van der Waals surface area contributed by atoms with Crippen molar-refractivity contribution in [2.75, 3.05) is 0 Å². The Morgan fingerprint density at radius 1 is 1.07 bits per heavy atom. The third-order valence-electron chi connectivity index (χ3n) is 2.59.